The van der Waals surface area contributed by atoms with Gasteiger partial charge in [0.25, 0.3) is 0 Å². The molecule has 1 heterocycles. The van der Waals surface area contributed by atoms with E-state index in [-0.39, 0.29) is 6.04 Å². The Labute approximate surface area is 143 Å². The molecule has 3 rings (SSSR count). The Hall–Kier alpha value is -0.590. The van der Waals surface area contributed by atoms with Crippen LogP contribution in [0.2, 0.25) is 0 Å². The number of nitrogens with one attached hydrogen (secondary N) is 1. The summed E-state index contributed by atoms with van der Waals surface area (Å²) in [6, 6.07) is 4.50. The topological polar surface area (TPSA) is 15.3 Å². The highest BCUT2D eigenvalue weighted by atomic mass is 79.9. The lowest BCUT2D eigenvalue weighted by Gasteiger charge is -2.39. The Kier molecular flexibility index (Phi) is 5.33. The molecule has 0 radical (unpaired) electrons. The Morgan fingerprint density at radius 2 is 1.74 bits per heavy atom. The van der Waals surface area contributed by atoms with Gasteiger partial charge in [-0.2, -0.15) is 13.2 Å². The molecule has 2 nitrogen and oxygen atoms in total. The summed E-state index contributed by atoms with van der Waals surface area (Å²) in [7, 11) is 0. The quantitative estimate of drug-likeness (QED) is 0.810. The molecule has 1 saturated carbocycles. The Bertz CT molecular complexity index is 535. The van der Waals surface area contributed by atoms with Gasteiger partial charge in [0.2, 0.25) is 0 Å². The number of halogens is 4. The van der Waals surface area contributed by atoms with Crippen LogP contribution in [0, 0.1) is 5.92 Å². The molecule has 1 aliphatic heterocycles. The van der Waals surface area contributed by atoms with Gasteiger partial charge in [0.05, 0.1) is 5.56 Å². The van der Waals surface area contributed by atoms with Gasteiger partial charge in [0.1, 0.15) is 0 Å². The molecule has 1 aliphatic carbocycles. The molecule has 2 aliphatic rings. The molecule has 1 saturated heterocycles. The minimum atomic E-state index is -4.30. The van der Waals surface area contributed by atoms with Gasteiger partial charge in [0.15, 0.2) is 0 Å². The van der Waals surface area contributed by atoms with Crippen LogP contribution in [0.1, 0.15) is 42.9 Å². The molecule has 1 atom stereocenters. The Morgan fingerprint density at radius 3 is 2.35 bits per heavy atom. The van der Waals surface area contributed by atoms with Crippen LogP contribution in [0.3, 0.4) is 0 Å². The van der Waals surface area contributed by atoms with Gasteiger partial charge < -0.3 is 5.32 Å². The van der Waals surface area contributed by atoms with Crippen molar-refractivity contribution in [2.75, 3.05) is 26.2 Å². The first-order valence-corrected chi connectivity index (χ1v) is 9.07. The van der Waals surface area contributed by atoms with Crippen molar-refractivity contribution in [3.8, 4) is 0 Å². The largest absolute Gasteiger partial charge is 0.416 e. The third-order valence-electron chi connectivity index (χ3n) is 4.98. The van der Waals surface area contributed by atoms with Crippen molar-refractivity contribution in [3.05, 3.63) is 33.8 Å². The van der Waals surface area contributed by atoms with E-state index >= 15 is 0 Å². The van der Waals surface area contributed by atoms with Gasteiger partial charge in [-0.15, -0.1) is 0 Å². The molecule has 128 valence electrons. The van der Waals surface area contributed by atoms with E-state index in [9.17, 15) is 13.2 Å². The molecule has 0 bridgehead atoms. The second kappa shape index (κ2) is 7.11. The van der Waals surface area contributed by atoms with Crippen LogP contribution in [0.25, 0.3) is 0 Å². The molecule has 0 spiro atoms. The fourth-order valence-electron chi connectivity index (χ4n) is 3.96. The van der Waals surface area contributed by atoms with E-state index in [1.807, 2.05) is 6.07 Å². The highest BCUT2D eigenvalue weighted by Gasteiger charge is 2.35. The first-order valence-electron chi connectivity index (χ1n) is 8.27. The minimum Gasteiger partial charge on any atom is -0.314 e. The SMILES string of the molecule is FC(F)(F)c1cc(Br)cc([C@@H](C2CCCC2)N2CCNCC2)c1. The summed E-state index contributed by atoms with van der Waals surface area (Å²) in [5.41, 5.74) is 0.250. The Morgan fingerprint density at radius 1 is 1.09 bits per heavy atom. The van der Waals surface area contributed by atoms with Crippen LogP contribution in [0.4, 0.5) is 13.2 Å². The number of hydrogen-bond donors (Lipinski definition) is 1. The lowest BCUT2D eigenvalue weighted by molar-refractivity contribution is -0.137. The average molecular weight is 391 g/mol. The van der Waals surface area contributed by atoms with Crippen LogP contribution in [-0.2, 0) is 6.18 Å². The van der Waals surface area contributed by atoms with Gasteiger partial charge in [-0.3, -0.25) is 4.90 Å². The monoisotopic (exact) mass is 390 g/mol. The molecule has 1 aromatic carbocycles. The first kappa shape index (κ1) is 17.2. The van der Waals surface area contributed by atoms with E-state index in [1.54, 1.807) is 0 Å². The summed E-state index contributed by atoms with van der Waals surface area (Å²) < 4.78 is 40.1. The van der Waals surface area contributed by atoms with Crippen molar-refractivity contribution in [1.82, 2.24) is 10.2 Å². The number of benzene rings is 1. The summed E-state index contributed by atoms with van der Waals surface area (Å²) in [5, 5.41) is 3.33. The van der Waals surface area contributed by atoms with Crippen molar-refractivity contribution in [2.45, 2.75) is 37.9 Å². The van der Waals surface area contributed by atoms with E-state index in [1.165, 1.54) is 25.0 Å². The lowest BCUT2D eigenvalue weighted by Crippen LogP contribution is -2.46. The van der Waals surface area contributed by atoms with E-state index in [0.717, 1.165) is 44.6 Å². The van der Waals surface area contributed by atoms with Crippen LogP contribution in [0.5, 0.6) is 0 Å². The minimum absolute atomic E-state index is 0.0956. The second-order valence-electron chi connectivity index (χ2n) is 6.55. The van der Waals surface area contributed by atoms with Gasteiger partial charge in [-0.25, -0.2) is 0 Å². The molecule has 6 heteroatoms. The highest BCUT2D eigenvalue weighted by Crippen LogP contribution is 2.42. The van der Waals surface area contributed by atoms with E-state index < -0.39 is 11.7 Å². The van der Waals surface area contributed by atoms with Gasteiger partial charge in [-0.1, -0.05) is 28.8 Å². The standard InChI is InChI=1S/C17H22BrF3N2/c18-15-10-13(9-14(11-15)17(19,20)21)16(12-3-1-2-4-12)23-7-5-22-6-8-23/h9-12,16,22H,1-8H2/t16-/m1/s1. The zero-order valence-corrected chi connectivity index (χ0v) is 14.6. The summed E-state index contributed by atoms with van der Waals surface area (Å²) in [4.78, 5) is 2.37. The number of alkyl halides is 3. The van der Waals surface area contributed by atoms with Crippen LogP contribution < -0.4 is 5.32 Å². The first-order chi connectivity index (χ1) is 10.9. The van der Waals surface area contributed by atoms with Gasteiger partial charge in [0, 0.05) is 36.7 Å². The van der Waals surface area contributed by atoms with Crippen molar-refractivity contribution in [1.29, 1.82) is 0 Å². The fourth-order valence-corrected chi connectivity index (χ4v) is 4.47. The average Bonchev–Trinajstić information content (AvgIpc) is 3.01. The molecule has 1 aromatic rings. The van der Waals surface area contributed by atoms with Crippen LogP contribution in [-0.4, -0.2) is 31.1 Å². The zero-order chi connectivity index (χ0) is 16.4. The molecule has 23 heavy (non-hydrogen) atoms. The maximum absolute atomic E-state index is 13.2. The van der Waals surface area contributed by atoms with Gasteiger partial charge >= 0.3 is 6.18 Å². The number of piperazine rings is 1. The maximum Gasteiger partial charge on any atom is 0.416 e. The summed E-state index contributed by atoms with van der Waals surface area (Å²) >= 11 is 3.28. The number of rotatable bonds is 3. The van der Waals surface area contributed by atoms with E-state index in [0.29, 0.717) is 10.4 Å². The second-order valence-corrected chi connectivity index (χ2v) is 7.46. The molecule has 1 N–H and O–H groups in total. The third kappa shape index (κ3) is 4.09. The Balaban J connectivity index is 1.96. The molecular formula is C17H22BrF3N2. The van der Waals surface area contributed by atoms with E-state index in [2.05, 4.69) is 26.1 Å². The molecule has 2 fully saturated rings. The molecule has 0 aromatic heterocycles. The maximum atomic E-state index is 13.2. The summed E-state index contributed by atoms with van der Waals surface area (Å²) in [6.45, 7) is 3.61. The molecule has 0 amide bonds. The van der Waals surface area contributed by atoms with Gasteiger partial charge in [-0.05, 0) is 42.5 Å². The van der Waals surface area contributed by atoms with E-state index in [4.69, 9.17) is 0 Å². The molecular weight excluding hydrogens is 369 g/mol. The molecule has 0 unspecified atom stereocenters. The van der Waals surface area contributed by atoms with Crippen molar-refractivity contribution >= 4 is 15.9 Å². The highest BCUT2D eigenvalue weighted by molar-refractivity contribution is 9.10. The predicted octanol–water partition coefficient (Wildman–Crippen LogP) is 4.60. The van der Waals surface area contributed by atoms with Crippen LogP contribution >= 0.6 is 15.9 Å². The van der Waals surface area contributed by atoms with Crippen LogP contribution in [0.15, 0.2) is 22.7 Å². The third-order valence-corrected chi connectivity index (χ3v) is 5.44. The van der Waals surface area contributed by atoms with Crippen molar-refractivity contribution in [2.24, 2.45) is 5.92 Å². The zero-order valence-electron chi connectivity index (χ0n) is 13.0. The number of hydrogen-bond acceptors (Lipinski definition) is 2. The smallest absolute Gasteiger partial charge is 0.314 e. The van der Waals surface area contributed by atoms with Crippen molar-refractivity contribution < 1.29 is 13.2 Å². The summed E-state index contributed by atoms with van der Waals surface area (Å²) in [5.74, 6) is 0.462. The lowest BCUT2D eigenvalue weighted by atomic mass is 9.89. The van der Waals surface area contributed by atoms with Crippen molar-refractivity contribution in [3.63, 3.8) is 0 Å². The fraction of sp³-hybridized carbons (Fsp3) is 0.647. The predicted molar refractivity (Wildman–Crippen MR) is 88.3 cm³/mol. The number of nitrogens with zero attached hydrogens (tertiary/aromatic N) is 1. The summed E-state index contributed by atoms with van der Waals surface area (Å²) in [6.07, 6.45) is 0.300. The normalized spacial score (nSPS) is 22.4.